The summed E-state index contributed by atoms with van der Waals surface area (Å²) in [6.45, 7) is 10.1. The van der Waals surface area contributed by atoms with Crippen molar-refractivity contribution < 1.29 is 5.11 Å². The maximum Gasteiger partial charge on any atom is 0.0693 e. The van der Waals surface area contributed by atoms with Crippen molar-refractivity contribution in [3.8, 4) is 0 Å². The first-order valence-corrected chi connectivity index (χ1v) is 12.2. The number of hydrogen-bond donors (Lipinski definition) is 1. The molecule has 1 heterocycles. The number of hydrogen-bond acceptors (Lipinski definition) is 3. The van der Waals surface area contributed by atoms with Crippen LogP contribution in [0.25, 0.3) is 0 Å². The SMILES string of the molecule is C=C(Cn1ccnn1)[C@H]1CC[C@H]2[C@@H]3CC[C@H]4C[C@@](O)(CC)CC[C@@H]4[C@H]3CC[C@]12C. The second-order valence-electron chi connectivity index (χ2n) is 11.2. The molecule has 5 rings (SSSR count). The van der Waals surface area contributed by atoms with Crippen LogP contribution in [0.3, 0.4) is 0 Å². The highest BCUT2D eigenvalue weighted by atomic mass is 16.3. The molecule has 0 aliphatic heterocycles. The number of nitrogens with zero attached hydrogens (tertiary/aromatic N) is 3. The lowest BCUT2D eigenvalue weighted by Gasteiger charge is -2.57. The van der Waals surface area contributed by atoms with Crippen molar-refractivity contribution in [2.24, 2.45) is 40.9 Å². The lowest BCUT2D eigenvalue weighted by molar-refractivity contribution is -0.105. The lowest BCUT2D eigenvalue weighted by atomic mass is 9.48. The number of aliphatic hydroxyl groups is 1. The lowest BCUT2D eigenvalue weighted by Crippen LogP contribution is -2.51. The Hall–Kier alpha value is -1.16. The van der Waals surface area contributed by atoms with E-state index in [1.165, 1.54) is 50.5 Å². The van der Waals surface area contributed by atoms with Crippen LogP contribution in [0.5, 0.6) is 0 Å². The topological polar surface area (TPSA) is 50.9 Å². The first kappa shape index (κ1) is 19.8. The van der Waals surface area contributed by atoms with Gasteiger partial charge >= 0.3 is 0 Å². The van der Waals surface area contributed by atoms with Gasteiger partial charge in [0.25, 0.3) is 0 Å². The molecule has 0 spiro atoms. The number of allylic oxidation sites excluding steroid dienone is 1. The molecular weight excluding hydrogens is 358 g/mol. The molecule has 1 aromatic heterocycles. The maximum absolute atomic E-state index is 10.9. The van der Waals surface area contributed by atoms with Crippen LogP contribution in [0.15, 0.2) is 24.5 Å². The summed E-state index contributed by atoms with van der Waals surface area (Å²) in [6.07, 6.45) is 16.2. The average molecular weight is 398 g/mol. The van der Waals surface area contributed by atoms with Gasteiger partial charge in [-0.2, -0.15) is 0 Å². The fourth-order valence-electron chi connectivity index (χ4n) is 8.59. The average Bonchev–Trinajstić information content (AvgIpc) is 3.34. The Morgan fingerprint density at radius 1 is 1.10 bits per heavy atom. The van der Waals surface area contributed by atoms with Gasteiger partial charge in [0.05, 0.1) is 18.3 Å². The Bertz CT molecular complexity index is 745. The zero-order valence-electron chi connectivity index (χ0n) is 18.4. The predicted molar refractivity (Wildman–Crippen MR) is 115 cm³/mol. The van der Waals surface area contributed by atoms with Crippen molar-refractivity contribution in [1.82, 2.24) is 15.0 Å². The highest BCUT2D eigenvalue weighted by molar-refractivity contribution is 5.15. The van der Waals surface area contributed by atoms with E-state index in [9.17, 15) is 5.11 Å². The zero-order valence-corrected chi connectivity index (χ0v) is 18.4. The van der Waals surface area contributed by atoms with E-state index < -0.39 is 0 Å². The highest BCUT2D eigenvalue weighted by Crippen LogP contribution is 2.65. The Morgan fingerprint density at radius 2 is 1.93 bits per heavy atom. The van der Waals surface area contributed by atoms with Crippen LogP contribution in [0.4, 0.5) is 0 Å². The van der Waals surface area contributed by atoms with Crippen LogP contribution in [-0.2, 0) is 6.54 Å². The highest BCUT2D eigenvalue weighted by Gasteiger charge is 2.57. The van der Waals surface area contributed by atoms with E-state index in [1.807, 2.05) is 10.9 Å². The standard InChI is InChI=1S/C25H39N3O/c1-4-25(29)12-10-19-18(15-25)5-6-21-20(19)9-11-24(3)22(7-8-23(21)24)17(2)16-28-14-13-26-27-28/h13-14,18-23,29H,2,4-12,15-16H2,1,3H3/t18-,19-,20+,21+,22+,23-,24+,25+/m0/s1. The number of rotatable bonds is 4. The van der Waals surface area contributed by atoms with Gasteiger partial charge < -0.3 is 5.11 Å². The molecule has 4 aliphatic carbocycles. The van der Waals surface area contributed by atoms with E-state index >= 15 is 0 Å². The summed E-state index contributed by atoms with van der Waals surface area (Å²) in [4.78, 5) is 0. The molecule has 0 saturated heterocycles. The van der Waals surface area contributed by atoms with Crippen LogP contribution >= 0.6 is 0 Å². The van der Waals surface area contributed by atoms with Crippen molar-refractivity contribution >= 4 is 0 Å². The predicted octanol–water partition coefficient (Wildman–Crippen LogP) is 5.24. The smallest absolute Gasteiger partial charge is 0.0693 e. The van der Waals surface area contributed by atoms with Crippen molar-refractivity contribution in [1.29, 1.82) is 0 Å². The summed E-state index contributed by atoms with van der Waals surface area (Å²) >= 11 is 0. The molecule has 4 saturated carbocycles. The summed E-state index contributed by atoms with van der Waals surface area (Å²) in [5, 5.41) is 19.0. The molecule has 0 bridgehead atoms. The van der Waals surface area contributed by atoms with Gasteiger partial charge in [-0.3, -0.25) is 0 Å². The van der Waals surface area contributed by atoms with Crippen LogP contribution in [0.1, 0.15) is 78.1 Å². The summed E-state index contributed by atoms with van der Waals surface area (Å²) in [6, 6.07) is 0. The number of fused-ring (bicyclic) bond motifs is 5. The first-order valence-electron chi connectivity index (χ1n) is 12.2. The normalized spacial score (nSPS) is 46.6. The van der Waals surface area contributed by atoms with Crippen molar-refractivity contribution in [3.05, 3.63) is 24.5 Å². The third-order valence-corrected chi connectivity index (χ3v) is 10.1. The molecule has 1 N–H and O–H groups in total. The molecule has 160 valence electrons. The van der Waals surface area contributed by atoms with Gasteiger partial charge in [0, 0.05) is 6.20 Å². The monoisotopic (exact) mass is 397 g/mol. The van der Waals surface area contributed by atoms with Gasteiger partial charge in [-0.15, -0.1) is 5.10 Å². The van der Waals surface area contributed by atoms with Crippen LogP contribution < -0.4 is 0 Å². The van der Waals surface area contributed by atoms with Gasteiger partial charge in [0.15, 0.2) is 0 Å². The summed E-state index contributed by atoms with van der Waals surface area (Å²) < 4.78 is 1.94. The van der Waals surface area contributed by atoms with E-state index in [-0.39, 0.29) is 5.60 Å². The molecule has 8 atom stereocenters. The molecule has 4 aliphatic rings. The molecule has 29 heavy (non-hydrogen) atoms. The molecule has 1 aromatic rings. The van der Waals surface area contributed by atoms with E-state index in [1.54, 1.807) is 6.20 Å². The Labute approximate surface area is 176 Å². The molecule has 4 nitrogen and oxygen atoms in total. The van der Waals surface area contributed by atoms with Crippen LogP contribution in [-0.4, -0.2) is 25.7 Å². The van der Waals surface area contributed by atoms with Gasteiger partial charge in [-0.05, 0) is 105 Å². The van der Waals surface area contributed by atoms with Crippen molar-refractivity contribution in [3.63, 3.8) is 0 Å². The van der Waals surface area contributed by atoms with Gasteiger partial charge in [0.1, 0.15) is 0 Å². The quantitative estimate of drug-likeness (QED) is 0.707. The Morgan fingerprint density at radius 3 is 2.69 bits per heavy atom. The van der Waals surface area contributed by atoms with E-state index in [4.69, 9.17) is 0 Å². The van der Waals surface area contributed by atoms with Gasteiger partial charge in [0.2, 0.25) is 0 Å². The second-order valence-corrected chi connectivity index (χ2v) is 11.2. The van der Waals surface area contributed by atoms with Crippen LogP contribution in [0, 0.1) is 40.9 Å². The zero-order chi connectivity index (χ0) is 20.2. The number of aromatic nitrogens is 3. The summed E-state index contributed by atoms with van der Waals surface area (Å²) in [7, 11) is 0. The minimum atomic E-state index is -0.366. The molecule has 0 radical (unpaired) electrons. The van der Waals surface area contributed by atoms with Gasteiger partial charge in [-0.1, -0.05) is 31.2 Å². The van der Waals surface area contributed by atoms with Gasteiger partial charge in [-0.25, -0.2) is 4.68 Å². The fraction of sp³-hybridized carbons (Fsp3) is 0.840. The van der Waals surface area contributed by atoms with Crippen LogP contribution in [0.2, 0.25) is 0 Å². The largest absolute Gasteiger partial charge is 0.390 e. The third-order valence-electron chi connectivity index (χ3n) is 10.1. The minimum Gasteiger partial charge on any atom is -0.390 e. The second kappa shape index (κ2) is 7.21. The molecule has 0 aromatic carbocycles. The Balaban J connectivity index is 1.31. The van der Waals surface area contributed by atoms with E-state index in [0.717, 1.165) is 55.4 Å². The van der Waals surface area contributed by atoms with E-state index in [0.29, 0.717) is 11.3 Å². The molecule has 4 heteroatoms. The van der Waals surface area contributed by atoms with Crippen molar-refractivity contribution in [2.45, 2.75) is 90.2 Å². The van der Waals surface area contributed by atoms with E-state index in [2.05, 4.69) is 30.7 Å². The minimum absolute atomic E-state index is 0.366. The summed E-state index contributed by atoms with van der Waals surface area (Å²) in [5.74, 6) is 4.97. The molecular formula is C25H39N3O. The molecule has 0 unspecified atom stereocenters. The third kappa shape index (κ3) is 3.21. The maximum atomic E-state index is 10.9. The molecule has 0 amide bonds. The molecule has 4 fully saturated rings. The Kier molecular flexibility index (Phi) is 4.92. The van der Waals surface area contributed by atoms with Crippen molar-refractivity contribution in [2.75, 3.05) is 0 Å². The fourth-order valence-corrected chi connectivity index (χ4v) is 8.59. The summed E-state index contributed by atoms with van der Waals surface area (Å²) in [5.41, 5.74) is 1.41. The first-order chi connectivity index (χ1) is 13.9.